The normalized spacial score (nSPS) is 24.8. The molecule has 3 amide bonds. The van der Waals surface area contributed by atoms with Crippen molar-refractivity contribution in [3.63, 3.8) is 0 Å². The van der Waals surface area contributed by atoms with Gasteiger partial charge in [0.25, 0.3) is 0 Å². The van der Waals surface area contributed by atoms with Crippen LogP contribution in [0.5, 0.6) is 0 Å². The fraction of sp³-hybridized carbons (Fsp3) is 0.700. The molecule has 0 bridgehead atoms. The summed E-state index contributed by atoms with van der Waals surface area (Å²) >= 11 is 0. The highest BCUT2D eigenvalue weighted by Crippen LogP contribution is 2.39. The number of carbonyl (C=O) groups excluding carboxylic acids is 4. The van der Waals surface area contributed by atoms with Gasteiger partial charge in [-0.05, 0) is 31.6 Å². The second-order valence-electron chi connectivity index (χ2n) is 7.53. The average Bonchev–Trinajstić information content (AvgIpc) is 3.07. The molecule has 0 unspecified atom stereocenters. The van der Waals surface area contributed by atoms with E-state index < -0.39 is 23.8 Å². The van der Waals surface area contributed by atoms with Gasteiger partial charge in [-0.2, -0.15) is 0 Å². The van der Waals surface area contributed by atoms with Crippen molar-refractivity contribution in [1.82, 2.24) is 15.7 Å². The Balaban J connectivity index is 2.05. The van der Waals surface area contributed by atoms with Crippen LogP contribution in [0.1, 0.15) is 58.8 Å². The molecule has 1 aliphatic heterocycles. The summed E-state index contributed by atoms with van der Waals surface area (Å²) in [7, 11) is 0. The van der Waals surface area contributed by atoms with Gasteiger partial charge in [0.2, 0.25) is 17.6 Å². The summed E-state index contributed by atoms with van der Waals surface area (Å²) in [6.45, 7) is 6.87. The van der Waals surface area contributed by atoms with Crippen LogP contribution in [0.3, 0.4) is 0 Å². The monoisotopic (exact) mass is 393 g/mol. The van der Waals surface area contributed by atoms with Crippen molar-refractivity contribution in [2.45, 2.75) is 76.9 Å². The Kier molecular flexibility index (Phi) is 8.17. The second-order valence-corrected chi connectivity index (χ2v) is 7.53. The number of ketones is 1. The maximum Gasteiger partial charge on any atom is 0.313 e. The molecule has 2 rings (SSSR count). The molecule has 28 heavy (non-hydrogen) atoms. The number of rotatable bonds is 9. The van der Waals surface area contributed by atoms with E-state index in [2.05, 4.69) is 17.4 Å². The van der Waals surface area contributed by atoms with E-state index in [-0.39, 0.29) is 24.5 Å². The number of hydrogen-bond donors (Lipinski definition) is 2. The number of likely N-dealkylation sites (tertiary alicyclic amines) is 1. The molecular formula is C20H31N3O5. The van der Waals surface area contributed by atoms with Gasteiger partial charge < -0.3 is 10.2 Å². The smallest absolute Gasteiger partial charge is 0.313 e. The highest BCUT2D eigenvalue weighted by molar-refractivity contribution is 6.38. The predicted molar refractivity (Wildman–Crippen MR) is 103 cm³/mol. The molecule has 1 heterocycles. The number of nitrogens with one attached hydrogen (secondary N) is 2. The molecule has 0 spiro atoms. The largest absolute Gasteiger partial charge is 0.344 e. The summed E-state index contributed by atoms with van der Waals surface area (Å²) in [6, 6.07) is -1.43. The van der Waals surface area contributed by atoms with E-state index in [1.807, 2.05) is 6.92 Å². The first-order valence-corrected chi connectivity index (χ1v) is 10.1. The third-order valence-electron chi connectivity index (χ3n) is 5.55. The van der Waals surface area contributed by atoms with Crippen LogP contribution in [0, 0.1) is 5.92 Å². The maximum absolute atomic E-state index is 12.9. The van der Waals surface area contributed by atoms with Gasteiger partial charge in [-0.3, -0.25) is 24.0 Å². The Morgan fingerprint density at radius 1 is 1.25 bits per heavy atom. The Labute approximate surface area is 166 Å². The first-order valence-electron chi connectivity index (χ1n) is 10.1. The molecule has 2 fully saturated rings. The second kappa shape index (κ2) is 10.4. The van der Waals surface area contributed by atoms with Crippen molar-refractivity contribution < 1.29 is 24.0 Å². The Hall–Kier alpha value is -2.22. The number of nitrogens with zero attached hydrogens (tertiary/aromatic N) is 1. The van der Waals surface area contributed by atoms with E-state index in [9.17, 15) is 19.2 Å². The van der Waals surface area contributed by atoms with E-state index in [0.717, 1.165) is 25.7 Å². The quantitative estimate of drug-likeness (QED) is 0.266. The van der Waals surface area contributed by atoms with Crippen LogP contribution in [0.15, 0.2) is 12.7 Å². The Morgan fingerprint density at radius 3 is 2.61 bits per heavy atom. The third kappa shape index (κ3) is 5.19. The summed E-state index contributed by atoms with van der Waals surface area (Å²) < 4.78 is 0. The molecule has 4 atom stereocenters. The number of Topliss-reactive ketones (excluding diaryl/α,β-unsaturated/α-hetero) is 1. The summed E-state index contributed by atoms with van der Waals surface area (Å²) in [5.41, 5.74) is 2.06. The van der Waals surface area contributed by atoms with Crippen molar-refractivity contribution in [3.05, 3.63) is 12.7 Å². The zero-order valence-corrected chi connectivity index (χ0v) is 16.7. The number of amides is 3. The third-order valence-corrected chi connectivity index (χ3v) is 5.55. The molecule has 1 saturated carbocycles. The molecule has 156 valence electrons. The molecule has 8 nitrogen and oxygen atoms in total. The zero-order chi connectivity index (χ0) is 20.7. The summed E-state index contributed by atoms with van der Waals surface area (Å²) in [4.78, 5) is 56.0. The Morgan fingerprint density at radius 2 is 1.96 bits per heavy atom. The standard InChI is InChI=1S/C20H31N3O5/c1-4-8-15(18(25)20(27)22-28-11-5-2)21-19(26)17-12-14-9-6-7-10-16(14)23(17)13(3)24/h5,14-17H,2,4,6-12H2,1,3H3,(H,21,26)(H,22,27)/t14-,15-,16-,17-/m0/s1. The van der Waals surface area contributed by atoms with Crippen LogP contribution in [0.4, 0.5) is 0 Å². The minimum Gasteiger partial charge on any atom is -0.344 e. The van der Waals surface area contributed by atoms with E-state index in [1.54, 1.807) is 4.90 Å². The van der Waals surface area contributed by atoms with Crippen LogP contribution < -0.4 is 10.8 Å². The van der Waals surface area contributed by atoms with Gasteiger partial charge in [-0.1, -0.05) is 32.3 Å². The van der Waals surface area contributed by atoms with Crippen LogP contribution in [0.2, 0.25) is 0 Å². The number of carbonyl (C=O) groups is 4. The topological polar surface area (TPSA) is 105 Å². The SMILES string of the molecule is C=CCONC(=O)C(=O)[C@H](CCC)NC(=O)[C@@H]1C[C@@H]2CCCC[C@@H]2N1C(C)=O. The fourth-order valence-electron chi connectivity index (χ4n) is 4.35. The van der Waals surface area contributed by atoms with E-state index in [1.165, 1.54) is 13.0 Å². The lowest BCUT2D eigenvalue weighted by Gasteiger charge is -2.33. The van der Waals surface area contributed by atoms with Crippen molar-refractivity contribution >= 4 is 23.5 Å². The van der Waals surface area contributed by atoms with Gasteiger partial charge in [-0.25, -0.2) is 5.48 Å². The van der Waals surface area contributed by atoms with Gasteiger partial charge in [0.15, 0.2) is 0 Å². The first kappa shape index (κ1) is 22.1. The van der Waals surface area contributed by atoms with E-state index in [4.69, 9.17) is 4.84 Å². The average molecular weight is 393 g/mol. The molecule has 8 heteroatoms. The lowest BCUT2D eigenvalue weighted by Crippen LogP contribution is -2.54. The zero-order valence-electron chi connectivity index (χ0n) is 16.7. The predicted octanol–water partition coefficient (Wildman–Crippen LogP) is 1.25. The molecule has 2 N–H and O–H groups in total. The van der Waals surface area contributed by atoms with Crippen LogP contribution in [-0.2, 0) is 24.0 Å². The first-order chi connectivity index (χ1) is 13.4. The lowest BCUT2D eigenvalue weighted by molar-refractivity contribution is -0.147. The highest BCUT2D eigenvalue weighted by Gasteiger charge is 2.46. The summed E-state index contributed by atoms with van der Waals surface area (Å²) in [5.74, 6) is -1.84. The molecule has 1 saturated heterocycles. The van der Waals surface area contributed by atoms with Gasteiger partial charge in [0.1, 0.15) is 6.04 Å². The number of fused-ring (bicyclic) bond motifs is 1. The molecule has 2 aliphatic rings. The Bertz CT molecular complexity index is 621. The van der Waals surface area contributed by atoms with Crippen LogP contribution >= 0.6 is 0 Å². The minimum absolute atomic E-state index is 0.0717. The van der Waals surface area contributed by atoms with Crippen molar-refractivity contribution in [3.8, 4) is 0 Å². The minimum atomic E-state index is -0.943. The van der Waals surface area contributed by atoms with Crippen LogP contribution in [-0.4, -0.2) is 53.1 Å². The van der Waals surface area contributed by atoms with Crippen molar-refractivity contribution in [1.29, 1.82) is 0 Å². The van der Waals surface area contributed by atoms with Gasteiger partial charge in [-0.15, -0.1) is 6.58 Å². The lowest BCUT2D eigenvalue weighted by atomic mass is 9.84. The fourth-order valence-corrected chi connectivity index (χ4v) is 4.35. The number of hydrogen-bond acceptors (Lipinski definition) is 5. The molecule has 0 aromatic carbocycles. The van der Waals surface area contributed by atoms with Gasteiger partial charge in [0, 0.05) is 13.0 Å². The van der Waals surface area contributed by atoms with Gasteiger partial charge in [0.05, 0.1) is 12.6 Å². The van der Waals surface area contributed by atoms with E-state index >= 15 is 0 Å². The maximum atomic E-state index is 12.9. The molecule has 0 aromatic rings. The molecule has 0 aromatic heterocycles. The number of hydroxylamine groups is 1. The molecular weight excluding hydrogens is 362 g/mol. The summed E-state index contributed by atoms with van der Waals surface area (Å²) in [6.07, 6.45) is 7.09. The van der Waals surface area contributed by atoms with Gasteiger partial charge >= 0.3 is 5.91 Å². The van der Waals surface area contributed by atoms with Crippen molar-refractivity contribution in [2.75, 3.05) is 6.61 Å². The highest BCUT2D eigenvalue weighted by atomic mass is 16.6. The van der Waals surface area contributed by atoms with Crippen molar-refractivity contribution in [2.24, 2.45) is 5.92 Å². The summed E-state index contributed by atoms with van der Waals surface area (Å²) in [5, 5.41) is 2.71. The van der Waals surface area contributed by atoms with Crippen LogP contribution in [0.25, 0.3) is 0 Å². The molecule has 1 aliphatic carbocycles. The van der Waals surface area contributed by atoms with E-state index in [0.29, 0.717) is 25.2 Å². The molecule has 0 radical (unpaired) electrons.